The summed E-state index contributed by atoms with van der Waals surface area (Å²) in [4.78, 5) is 26.3. The van der Waals surface area contributed by atoms with Crippen molar-refractivity contribution in [1.82, 2.24) is 4.90 Å². The molecule has 24 heavy (non-hydrogen) atoms. The second-order valence-electron chi connectivity index (χ2n) is 5.95. The summed E-state index contributed by atoms with van der Waals surface area (Å²) < 4.78 is 0. The Balaban J connectivity index is 1.48. The van der Waals surface area contributed by atoms with Gasteiger partial charge in [0.1, 0.15) is 5.25 Å². The Bertz CT molecular complexity index is 687. The van der Waals surface area contributed by atoms with Gasteiger partial charge in [-0.2, -0.15) is 0 Å². The minimum atomic E-state index is -0.510. The Morgan fingerprint density at radius 1 is 0.875 bits per heavy atom. The van der Waals surface area contributed by atoms with E-state index in [0.29, 0.717) is 6.54 Å². The molecule has 1 heterocycles. The average Bonchev–Trinajstić information content (AvgIpc) is 2.89. The lowest BCUT2D eigenvalue weighted by atomic mass is 10.1. The minimum absolute atomic E-state index is 0.0195. The zero-order valence-corrected chi connectivity index (χ0v) is 14.4. The molecule has 2 aromatic carbocycles. The lowest BCUT2D eigenvalue weighted by Gasteiger charge is -2.15. The number of Topliss-reactive ketones (excluding diaryl/α,β-unsaturated/α-hetero) is 1. The number of carbonyl (C=O) groups excluding carboxylic acids is 2. The Morgan fingerprint density at radius 3 is 2.08 bits per heavy atom. The van der Waals surface area contributed by atoms with Crippen molar-refractivity contribution in [3.05, 3.63) is 71.8 Å². The number of carbonyl (C=O) groups is 2. The summed E-state index contributed by atoms with van der Waals surface area (Å²) in [5.41, 5.74) is 2.43. The molecule has 1 saturated heterocycles. The van der Waals surface area contributed by atoms with Gasteiger partial charge in [-0.3, -0.25) is 9.59 Å². The van der Waals surface area contributed by atoms with Gasteiger partial charge < -0.3 is 4.90 Å². The van der Waals surface area contributed by atoms with Crippen LogP contribution >= 0.6 is 11.8 Å². The lowest BCUT2D eigenvalue weighted by Crippen LogP contribution is -2.30. The van der Waals surface area contributed by atoms with Gasteiger partial charge in [0, 0.05) is 6.54 Å². The van der Waals surface area contributed by atoms with Gasteiger partial charge in [0.15, 0.2) is 5.78 Å². The van der Waals surface area contributed by atoms with E-state index in [9.17, 15) is 9.59 Å². The molecular formula is C20H21NO2S. The highest BCUT2D eigenvalue weighted by molar-refractivity contribution is 8.01. The highest BCUT2D eigenvalue weighted by Crippen LogP contribution is 2.22. The van der Waals surface area contributed by atoms with E-state index in [-0.39, 0.29) is 18.2 Å². The van der Waals surface area contributed by atoms with Gasteiger partial charge in [0.25, 0.3) is 0 Å². The number of hydrogen-bond donors (Lipinski definition) is 0. The van der Waals surface area contributed by atoms with Crippen LogP contribution in [0.4, 0.5) is 0 Å². The van der Waals surface area contributed by atoms with E-state index in [2.05, 4.69) is 24.3 Å². The van der Waals surface area contributed by atoms with E-state index in [0.717, 1.165) is 18.6 Å². The molecule has 1 aliphatic heterocycles. The summed E-state index contributed by atoms with van der Waals surface area (Å²) in [6, 6.07) is 20.2. The maximum Gasteiger partial charge on any atom is 0.243 e. The number of thioether (sulfide) groups is 1. The summed E-state index contributed by atoms with van der Waals surface area (Å²) in [6.07, 6.45) is 1.67. The SMILES string of the molecule is O=C1CN(CCc2ccccc2)C(=O)C1SCCc1ccccc1. The van der Waals surface area contributed by atoms with Crippen molar-refractivity contribution in [2.45, 2.75) is 18.1 Å². The summed E-state index contributed by atoms with van der Waals surface area (Å²) >= 11 is 1.48. The van der Waals surface area contributed by atoms with Crippen LogP contribution in [0.3, 0.4) is 0 Å². The molecule has 3 rings (SSSR count). The van der Waals surface area contributed by atoms with E-state index >= 15 is 0 Å². The van der Waals surface area contributed by atoms with Crippen LogP contribution in [0.15, 0.2) is 60.7 Å². The molecule has 0 aromatic heterocycles. The van der Waals surface area contributed by atoms with Crippen LogP contribution in [0.2, 0.25) is 0 Å². The number of likely N-dealkylation sites (tertiary alicyclic amines) is 1. The fourth-order valence-corrected chi connectivity index (χ4v) is 4.00. The van der Waals surface area contributed by atoms with Crippen molar-refractivity contribution in [1.29, 1.82) is 0 Å². The number of nitrogens with zero attached hydrogens (tertiary/aromatic N) is 1. The number of rotatable bonds is 7. The van der Waals surface area contributed by atoms with Crippen molar-refractivity contribution in [3.8, 4) is 0 Å². The fourth-order valence-electron chi connectivity index (χ4n) is 2.85. The normalized spacial score (nSPS) is 17.5. The summed E-state index contributed by atoms with van der Waals surface area (Å²) in [6.45, 7) is 0.874. The van der Waals surface area contributed by atoms with Gasteiger partial charge in [0.05, 0.1) is 6.54 Å². The van der Waals surface area contributed by atoms with Crippen molar-refractivity contribution < 1.29 is 9.59 Å². The van der Waals surface area contributed by atoms with Crippen LogP contribution in [0.5, 0.6) is 0 Å². The molecule has 1 amide bonds. The molecule has 1 fully saturated rings. The lowest BCUT2D eigenvalue weighted by molar-refractivity contribution is -0.127. The van der Waals surface area contributed by atoms with Gasteiger partial charge in [-0.1, -0.05) is 60.7 Å². The van der Waals surface area contributed by atoms with Crippen molar-refractivity contribution >= 4 is 23.5 Å². The molecule has 0 bridgehead atoms. The van der Waals surface area contributed by atoms with Crippen LogP contribution in [-0.4, -0.2) is 40.7 Å². The van der Waals surface area contributed by atoms with Crippen molar-refractivity contribution in [3.63, 3.8) is 0 Å². The molecule has 1 unspecified atom stereocenters. The third-order valence-corrected chi connectivity index (χ3v) is 5.44. The second-order valence-corrected chi connectivity index (χ2v) is 7.16. The predicted molar refractivity (Wildman–Crippen MR) is 98.1 cm³/mol. The van der Waals surface area contributed by atoms with Crippen LogP contribution in [0.1, 0.15) is 11.1 Å². The second kappa shape index (κ2) is 8.15. The molecule has 3 nitrogen and oxygen atoms in total. The number of benzene rings is 2. The first-order valence-corrected chi connectivity index (χ1v) is 9.30. The van der Waals surface area contributed by atoms with Crippen LogP contribution < -0.4 is 0 Å². The van der Waals surface area contributed by atoms with E-state index in [1.165, 1.54) is 22.9 Å². The highest BCUT2D eigenvalue weighted by Gasteiger charge is 2.38. The number of ketones is 1. The summed E-state index contributed by atoms with van der Waals surface area (Å²) in [5, 5.41) is -0.510. The van der Waals surface area contributed by atoms with Gasteiger partial charge in [-0.15, -0.1) is 11.8 Å². The molecule has 0 spiro atoms. The third-order valence-electron chi connectivity index (χ3n) is 4.21. The molecule has 1 aliphatic rings. The van der Waals surface area contributed by atoms with E-state index in [1.807, 2.05) is 36.4 Å². The fraction of sp³-hybridized carbons (Fsp3) is 0.300. The maximum absolute atomic E-state index is 12.5. The molecule has 0 saturated carbocycles. The highest BCUT2D eigenvalue weighted by atomic mass is 32.2. The van der Waals surface area contributed by atoms with Crippen LogP contribution in [-0.2, 0) is 22.4 Å². The third kappa shape index (κ3) is 4.26. The Kier molecular flexibility index (Phi) is 5.70. The smallest absolute Gasteiger partial charge is 0.243 e. The first kappa shape index (κ1) is 16.8. The maximum atomic E-state index is 12.5. The zero-order valence-electron chi connectivity index (χ0n) is 13.6. The number of amides is 1. The molecule has 4 heteroatoms. The minimum Gasteiger partial charge on any atom is -0.334 e. The summed E-state index contributed by atoms with van der Waals surface area (Å²) in [5.74, 6) is 0.818. The van der Waals surface area contributed by atoms with Gasteiger partial charge in [-0.25, -0.2) is 0 Å². The zero-order chi connectivity index (χ0) is 16.8. The first-order chi connectivity index (χ1) is 11.7. The molecule has 0 N–H and O–H groups in total. The molecule has 2 aromatic rings. The number of aryl methyl sites for hydroxylation is 1. The Hall–Kier alpha value is -2.07. The number of hydrogen-bond acceptors (Lipinski definition) is 3. The Labute approximate surface area is 147 Å². The predicted octanol–water partition coefficient (Wildman–Crippen LogP) is 2.98. The standard InChI is InChI=1S/C20H21NO2S/c22-18-15-21(13-11-16-7-3-1-4-8-16)20(23)19(18)24-14-12-17-9-5-2-6-10-17/h1-10,19H,11-15H2. The van der Waals surface area contributed by atoms with Crippen molar-refractivity contribution in [2.24, 2.45) is 0 Å². The average molecular weight is 339 g/mol. The molecular weight excluding hydrogens is 318 g/mol. The van der Waals surface area contributed by atoms with Gasteiger partial charge >= 0.3 is 0 Å². The van der Waals surface area contributed by atoms with Crippen LogP contribution in [0, 0.1) is 0 Å². The summed E-state index contributed by atoms with van der Waals surface area (Å²) in [7, 11) is 0. The first-order valence-electron chi connectivity index (χ1n) is 8.25. The molecule has 1 atom stereocenters. The quantitative estimate of drug-likeness (QED) is 0.728. The largest absolute Gasteiger partial charge is 0.334 e. The Morgan fingerprint density at radius 2 is 1.46 bits per heavy atom. The van der Waals surface area contributed by atoms with Gasteiger partial charge in [0.2, 0.25) is 5.91 Å². The van der Waals surface area contributed by atoms with E-state index < -0.39 is 5.25 Å². The van der Waals surface area contributed by atoms with E-state index in [1.54, 1.807) is 4.90 Å². The molecule has 0 radical (unpaired) electrons. The molecule has 124 valence electrons. The van der Waals surface area contributed by atoms with Crippen molar-refractivity contribution in [2.75, 3.05) is 18.8 Å². The van der Waals surface area contributed by atoms with Crippen LogP contribution in [0.25, 0.3) is 0 Å². The topological polar surface area (TPSA) is 37.4 Å². The molecule has 0 aliphatic carbocycles. The van der Waals surface area contributed by atoms with E-state index in [4.69, 9.17) is 0 Å². The monoisotopic (exact) mass is 339 g/mol. The van der Waals surface area contributed by atoms with Gasteiger partial charge in [-0.05, 0) is 29.7 Å².